The molecular weight excluding hydrogens is 262 g/mol. The number of phenolic OH excluding ortho intramolecular Hbond substituents is 1. The molecule has 0 radical (unpaired) electrons. The molecule has 3 heteroatoms. The van der Waals surface area contributed by atoms with Crippen molar-refractivity contribution in [3.05, 3.63) is 42.0 Å². The summed E-state index contributed by atoms with van der Waals surface area (Å²) in [7, 11) is 0. The fourth-order valence-electron chi connectivity index (χ4n) is 3.85. The lowest BCUT2D eigenvalue weighted by atomic mass is 9.80. The van der Waals surface area contributed by atoms with E-state index in [2.05, 4.69) is 4.90 Å². The average Bonchev–Trinajstić information content (AvgIpc) is 2.54. The number of hydrogen-bond acceptors (Lipinski definition) is 3. The van der Waals surface area contributed by atoms with Gasteiger partial charge in [0.25, 0.3) is 0 Å². The number of rotatable bonds is 2. The number of fused-ring (bicyclic) bond motifs is 4. The Morgan fingerprint density at radius 2 is 1.86 bits per heavy atom. The van der Waals surface area contributed by atoms with Crippen molar-refractivity contribution in [3.8, 4) is 5.75 Å². The molecule has 0 aromatic heterocycles. The van der Waals surface area contributed by atoms with Crippen LogP contribution in [0, 0.1) is 5.92 Å². The van der Waals surface area contributed by atoms with Gasteiger partial charge in [0.2, 0.25) is 0 Å². The summed E-state index contributed by atoms with van der Waals surface area (Å²) in [5.41, 5.74) is 0.889. The average molecular weight is 281 g/mol. The first kappa shape index (κ1) is 12.8. The number of nitrogens with zero attached hydrogens (tertiary/aromatic N) is 1. The predicted molar refractivity (Wildman–Crippen MR) is 82.4 cm³/mol. The number of carbonyl (C=O) groups is 1. The molecule has 1 atom stereocenters. The maximum Gasteiger partial charge on any atom is 0.153 e. The summed E-state index contributed by atoms with van der Waals surface area (Å²) in [6, 6.07) is 11.8. The van der Waals surface area contributed by atoms with Gasteiger partial charge in [-0.2, -0.15) is 0 Å². The summed E-state index contributed by atoms with van der Waals surface area (Å²) in [5.74, 6) is 0.964. The summed E-state index contributed by atoms with van der Waals surface area (Å²) in [6.45, 7) is 2.05. The summed E-state index contributed by atoms with van der Waals surface area (Å²) in [4.78, 5) is 14.7. The highest BCUT2D eigenvalue weighted by Gasteiger charge is 2.40. The minimum Gasteiger partial charge on any atom is -0.507 e. The molecule has 5 rings (SSSR count). The standard InChI is InChI=1S/C18H19NO2/c20-17-14(6-5-12-3-1-2-4-15(12)17)11-16-18(21)13-7-9-19(16)10-8-13/h1-6,13,16,20H,7-11H2/t16-/m1/s1. The van der Waals surface area contributed by atoms with Crippen molar-refractivity contribution >= 4 is 16.6 Å². The van der Waals surface area contributed by atoms with E-state index in [9.17, 15) is 9.90 Å². The van der Waals surface area contributed by atoms with Gasteiger partial charge in [0, 0.05) is 11.3 Å². The maximum atomic E-state index is 12.4. The lowest BCUT2D eigenvalue weighted by Gasteiger charge is -2.44. The van der Waals surface area contributed by atoms with Gasteiger partial charge in [0.05, 0.1) is 6.04 Å². The van der Waals surface area contributed by atoms with Crippen molar-refractivity contribution in [1.29, 1.82) is 0 Å². The van der Waals surface area contributed by atoms with E-state index in [4.69, 9.17) is 0 Å². The van der Waals surface area contributed by atoms with Gasteiger partial charge < -0.3 is 5.11 Å². The van der Waals surface area contributed by atoms with Crippen LogP contribution < -0.4 is 0 Å². The summed E-state index contributed by atoms with van der Waals surface area (Å²) in [6.07, 6.45) is 2.66. The summed E-state index contributed by atoms with van der Waals surface area (Å²) < 4.78 is 0. The van der Waals surface area contributed by atoms with Gasteiger partial charge in [-0.05, 0) is 43.3 Å². The van der Waals surface area contributed by atoms with E-state index in [1.807, 2.05) is 36.4 Å². The molecule has 0 unspecified atom stereocenters. The van der Waals surface area contributed by atoms with Crippen LogP contribution in [0.5, 0.6) is 5.75 Å². The van der Waals surface area contributed by atoms with E-state index in [1.165, 1.54) is 0 Å². The number of carbonyl (C=O) groups excluding carboxylic acids is 1. The molecule has 1 N–H and O–H groups in total. The van der Waals surface area contributed by atoms with Crippen LogP contribution in [-0.4, -0.2) is 34.9 Å². The van der Waals surface area contributed by atoms with Crippen LogP contribution in [0.4, 0.5) is 0 Å². The fourth-order valence-corrected chi connectivity index (χ4v) is 3.85. The van der Waals surface area contributed by atoms with Crippen LogP contribution in [0.25, 0.3) is 10.8 Å². The van der Waals surface area contributed by atoms with Crippen LogP contribution in [-0.2, 0) is 11.2 Å². The Balaban J connectivity index is 1.68. The fraction of sp³-hybridized carbons (Fsp3) is 0.389. The topological polar surface area (TPSA) is 40.5 Å². The predicted octanol–water partition coefficient (Wildman–Crippen LogP) is 2.75. The maximum absolute atomic E-state index is 12.4. The molecule has 2 aromatic rings. The van der Waals surface area contributed by atoms with E-state index < -0.39 is 0 Å². The molecule has 2 bridgehead atoms. The molecule has 0 amide bonds. The zero-order valence-corrected chi connectivity index (χ0v) is 12.0. The van der Waals surface area contributed by atoms with Crippen LogP contribution in [0.15, 0.2) is 36.4 Å². The second-order valence-corrected chi connectivity index (χ2v) is 6.23. The number of aromatic hydroxyl groups is 1. The van der Waals surface area contributed by atoms with E-state index >= 15 is 0 Å². The minimum absolute atomic E-state index is 0.0374. The van der Waals surface area contributed by atoms with Crippen molar-refractivity contribution < 1.29 is 9.90 Å². The molecule has 0 saturated carbocycles. The normalized spacial score (nSPS) is 28.2. The Kier molecular flexibility index (Phi) is 2.96. The van der Waals surface area contributed by atoms with Gasteiger partial charge in [-0.3, -0.25) is 9.69 Å². The van der Waals surface area contributed by atoms with Crippen molar-refractivity contribution in [2.75, 3.05) is 13.1 Å². The molecule has 108 valence electrons. The Labute approximate surface area is 124 Å². The number of Topliss-reactive ketones (excluding diaryl/α,β-unsaturated/α-hetero) is 1. The molecule has 3 aliphatic heterocycles. The summed E-state index contributed by atoms with van der Waals surface area (Å²) in [5, 5.41) is 12.4. The monoisotopic (exact) mass is 281 g/mol. The molecule has 0 aliphatic carbocycles. The molecule has 3 heterocycles. The highest BCUT2D eigenvalue weighted by atomic mass is 16.3. The van der Waals surface area contributed by atoms with E-state index in [0.717, 1.165) is 42.3 Å². The Hall–Kier alpha value is -1.87. The minimum atomic E-state index is -0.0374. The summed E-state index contributed by atoms with van der Waals surface area (Å²) >= 11 is 0. The lowest BCUT2D eigenvalue weighted by molar-refractivity contribution is -0.136. The first-order chi connectivity index (χ1) is 10.2. The Morgan fingerprint density at radius 1 is 1.10 bits per heavy atom. The largest absolute Gasteiger partial charge is 0.507 e. The first-order valence-electron chi connectivity index (χ1n) is 7.71. The van der Waals surface area contributed by atoms with Crippen molar-refractivity contribution in [2.45, 2.75) is 25.3 Å². The quantitative estimate of drug-likeness (QED) is 0.920. The molecule has 0 spiro atoms. The Morgan fingerprint density at radius 3 is 2.62 bits per heavy atom. The third-order valence-electron chi connectivity index (χ3n) is 5.10. The van der Waals surface area contributed by atoms with Gasteiger partial charge in [0.15, 0.2) is 5.78 Å². The van der Waals surface area contributed by atoms with Gasteiger partial charge in [0.1, 0.15) is 5.75 Å². The molecule has 3 aliphatic rings. The van der Waals surface area contributed by atoms with Crippen LogP contribution in [0.1, 0.15) is 18.4 Å². The van der Waals surface area contributed by atoms with Crippen molar-refractivity contribution in [2.24, 2.45) is 5.92 Å². The third kappa shape index (κ3) is 2.04. The van der Waals surface area contributed by atoms with E-state index in [1.54, 1.807) is 0 Å². The first-order valence-corrected chi connectivity index (χ1v) is 7.71. The molecule has 3 nitrogen and oxygen atoms in total. The molecule has 2 aromatic carbocycles. The molecule has 3 saturated heterocycles. The van der Waals surface area contributed by atoms with Gasteiger partial charge in [-0.25, -0.2) is 0 Å². The second-order valence-electron chi connectivity index (χ2n) is 6.23. The third-order valence-corrected chi connectivity index (χ3v) is 5.10. The van der Waals surface area contributed by atoms with Gasteiger partial charge >= 0.3 is 0 Å². The van der Waals surface area contributed by atoms with Crippen molar-refractivity contribution in [3.63, 3.8) is 0 Å². The number of ketones is 1. The van der Waals surface area contributed by atoms with Crippen LogP contribution >= 0.6 is 0 Å². The molecule has 21 heavy (non-hydrogen) atoms. The van der Waals surface area contributed by atoms with E-state index in [-0.39, 0.29) is 12.0 Å². The number of hydrogen-bond donors (Lipinski definition) is 1. The SMILES string of the molecule is O=C1C2CCN(CC2)[C@@H]1Cc1ccc2ccccc2c1O. The Bertz CT molecular complexity index is 701. The second kappa shape index (κ2) is 4.85. The van der Waals surface area contributed by atoms with Gasteiger partial charge in [-0.1, -0.05) is 36.4 Å². The number of piperidine rings is 3. The smallest absolute Gasteiger partial charge is 0.153 e. The number of benzene rings is 2. The molecule has 3 fully saturated rings. The molecular formula is C18H19NO2. The van der Waals surface area contributed by atoms with Crippen LogP contribution in [0.3, 0.4) is 0 Å². The highest BCUT2D eigenvalue weighted by molar-refractivity contribution is 5.91. The van der Waals surface area contributed by atoms with Crippen molar-refractivity contribution in [1.82, 2.24) is 4.90 Å². The highest BCUT2D eigenvalue weighted by Crippen LogP contribution is 2.34. The zero-order chi connectivity index (χ0) is 14.4. The van der Waals surface area contributed by atoms with Crippen LogP contribution in [0.2, 0.25) is 0 Å². The van der Waals surface area contributed by atoms with Gasteiger partial charge in [-0.15, -0.1) is 0 Å². The zero-order valence-electron chi connectivity index (χ0n) is 12.0. The number of phenols is 1. The lowest BCUT2D eigenvalue weighted by Crippen LogP contribution is -2.56. The van der Waals surface area contributed by atoms with E-state index in [0.29, 0.717) is 18.0 Å².